The van der Waals surface area contributed by atoms with Gasteiger partial charge in [-0.25, -0.2) is 4.79 Å². The average molecular weight is 278 g/mol. The molecule has 0 aliphatic heterocycles. The van der Waals surface area contributed by atoms with Crippen molar-refractivity contribution in [1.82, 2.24) is 10.6 Å². The lowest BCUT2D eigenvalue weighted by atomic mass is 10.0. The van der Waals surface area contributed by atoms with Gasteiger partial charge < -0.3 is 10.2 Å². The van der Waals surface area contributed by atoms with Crippen molar-refractivity contribution in [3.8, 4) is 0 Å². The number of likely N-dealkylation sites (N-methyl/N-ethyl adjacent to an activating group) is 1. The van der Waals surface area contributed by atoms with Crippen LogP contribution in [0.5, 0.6) is 0 Å². The van der Waals surface area contributed by atoms with Crippen molar-refractivity contribution in [2.24, 2.45) is 0 Å². The number of amides is 3. The van der Waals surface area contributed by atoms with Crippen LogP contribution < -0.4 is 15.5 Å². The van der Waals surface area contributed by atoms with Crippen LogP contribution in [0.3, 0.4) is 0 Å². The molecule has 1 aromatic carbocycles. The van der Waals surface area contributed by atoms with Gasteiger partial charge in [-0.15, -0.1) is 0 Å². The lowest BCUT2D eigenvalue weighted by Gasteiger charge is -2.21. The van der Waals surface area contributed by atoms with Gasteiger partial charge in [-0.2, -0.15) is 0 Å². The van der Waals surface area contributed by atoms with Crippen LogP contribution in [-0.4, -0.2) is 32.1 Å². The first-order valence-corrected chi connectivity index (χ1v) is 6.76. The lowest BCUT2D eigenvalue weighted by molar-refractivity contribution is -0.908. The third-order valence-electron chi connectivity index (χ3n) is 3.56. The number of carbonyl (C=O) groups excluding carboxylic acids is 2. The highest BCUT2D eigenvalue weighted by Gasteiger charge is 2.23. The molecule has 1 unspecified atom stereocenters. The van der Waals surface area contributed by atoms with Gasteiger partial charge in [0.05, 0.1) is 7.05 Å². The molecule has 0 fully saturated rings. The van der Waals surface area contributed by atoms with Gasteiger partial charge in [-0.3, -0.25) is 10.1 Å². The Bertz CT molecular complexity index is 500. The van der Waals surface area contributed by atoms with Crippen LogP contribution in [0.2, 0.25) is 0 Å². The zero-order chi connectivity index (χ0) is 15.3. The minimum atomic E-state index is -0.471. The highest BCUT2D eigenvalue weighted by molar-refractivity contribution is 5.96. The minimum Gasteiger partial charge on any atom is -0.341 e. The van der Waals surface area contributed by atoms with E-state index in [1.54, 1.807) is 0 Å². The van der Waals surface area contributed by atoms with E-state index in [9.17, 15) is 9.59 Å². The SMILES string of the molecule is CNC(=O)NC(=O)[C@@H](C)[NH+](C)Cc1ccc(C)cc1C. The highest BCUT2D eigenvalue weighted by Crippen LogP contribution is 2.09. The van der Waals surface area contributed by atoms with Crippen LogP contribution in [0.25, 0.3) is 0 Å². The van der Waals surface area contributed by atoms with Crippen molar-refractivity contribution in [3.63, 3.8) is 0 Å². The molecule has 0 saturated carbocycles. The number of urea groups is 1. The number of hydrogen-bond acceptors (Lipinski definition) is 2. The zero-order valence-corrected chi connectivity index (χ0v) is 12.8. The van der Waals surface area contributed by atoms with Gasteiger partial charge in [0.15, 0.2) is 6.04 Å². The third-order valence-corrected chi connectivity index (χ3v) is 3.56. The molecule has 5 nitrogen and oxygen atoms in total. The van der Waals surface area contributed by atoms with E-state index in [2.05, 4.69) is 42.7 Å². The van der Waals surface area contributed by atoms with E-state index in [1.165, 1.54) is 23.7 Å². The van der Waals surface area contributed by atoms with Crippen LogP contribution in [0.15, 0.2) is 18.2 Å². The maximum Gasteiger partial charge on any atom is 0.321 e. The fourth-order valence-electron chi connectivity index (χ4n) is 2.00. The fourth-order valence-corrected chi connectivity index (χ4v) is 2.00. The molecule has 3 amide bonds. The molecule has 2 atom stereocenters. The van der Waals surface area contributed by atoms with E-state index >= 15 is 0 Å². The molecule has 20 heavy (non-hydrogen) atoms. The Kier molecular flexibility index (Phi) is 5.70. The number of aryl methyl sites for hydroxylation is 2. The Morgan fingerprint density at radius 1 is 1.30 bits per heavy atom. The Labute approximate surface area is 120 Å². The Balaban J connectivity index is 2.67. The van der Waals surface area contributed by atoms with E-state index in [-0.39, 0.29) is 11.9 Å². The van der Waals surface area contributed by atoms with Crippen LogP contribution in [0.1, 0.15) is 23.6 Å². The molecule has 110 valence electrons. The zero-order valence-electron chi connectivity index (χ0n) is 12.8. The molecule has 0 aromatic heterocycles. The smallest absolute Gasteiger partial charge is 0.321 e. The topological polar surface area (TPSA) is 62.6 Å². The molecule has 0 bridgehead atoms. The second kappa shape index (κ2) is 7.05. The predicted octanol–water partition coefficient (Wildman–Crippen LogP) is 0.162. The Morgan fingerprint density at radius 2 is 1.95 bits per heavy atom. The summed E-state index contributed by atoms with van der Waals surface area (Å²) in [7, 11) is 3.44. The van der Waals surface area contributed by atoms with E-state index in [1.807, 2.05) is 14.0 Å². The third kappa shape index (κ3) is 4.35. The number of hydrogen-bond donors (Lipinski definition) is 3. The van der Waals surface area contributed by atoms with Crippen LogP contribution >= 0.6 is 0 Å². The molecule has 1 aromatic rings. The maximum absolute atomic E-state index is 11.9. The number of nitrogens with one attached hydrogen (secondary N) is 3. The highest BCUT2D eigenvalue weighted by atomic mass is 16.2. The summed E-state index contributed by atoms with van der Waals surface area (Å²) in [5.41, 5.74) is 3.67. The van der Waals surface area contributed by atoms with E-state index in [4.69, 9.17) is 0 Å². The minimum absolute atomic E-state index is 0.272. The fraction of sp³-hybridized carbons (Fsp3) is 0.467. The van der Waals surface area contributed by atoms with Crippen molar-refractivity contribution >= 4 is 11.9 Å². The Hall–Kier alpha value is -1.88. The van der Waals surface area contributed by atoms with E-state index < -0.39 is 6.03 Å². The summed E-state index contributed by atoms with van der Waals surface area (Å²) in [6.45, 7) is 6.70. The van der Waals surface area contributed by atoms with Crippen molar-refractivity contribution in [1.29, 1.82) is 0 Å². The normalized spacial score (nSPS) is 13.4. The van der Waals surface area contributed by atoms with Crippen LogP contribution in [-0.2, 0) is 11.3 Å². The molecule has 5 heteroatoms. The predicted molar refractivity (Wildman–Crippen MR) is 78.6 cm³/mol. The summed E-state index contributed by atoms with van der Waals surface area (Å²) in [4.78, 5) is 24.1. The summed E-state index contributed by atoms with van der Waals surface area (Å²) in [5.74, 6) is -0.272. The molecular formula is C15H24N3O2+. The van der Waals surface area contributed by atoms with Gasteiger partial charge in [-0.1, -0.05) is 23.8 Å². The van der Waals surface area contributed by atoms with Crippen LogP contribution in [0, 0.1) is 13.8 Å². The lowest BCUT2D eigenvalue weighted by Crippen LogP contribution is -3.12. The standard InChI is InChI=1S/C15H23N3O2/c1-10-6-7-13(11(2)8-10)9-18(5)12(3)14(19)17-15(20)16-4/h6-8,12H,9H2,1-5H3,(H2,16,17,19,20)/p+1/t12-/m1/s1. The first-order chi connectivity index (χ1) is 9.35. The maximum atomic E-state index is 11.9. The number of carbonyl (C=O) groups is 2. The van der Waals surface area contributed by atoms with Gasteiger partial charge >= 0.3 is 6.03 Å². The molecule has 0 spiro atoms. The van der Waals surface area contributed by atoms with E-state index in [0.29, 0.717) is 0 Å². The number of quaternary nitrogens is 1. The summed E-state index contributed by atoms with van der Waals surface area (Å²) in [6.07, 6.45) is 0. The summed E-state index contributed by atoms with van der Waals surface area (Å²) in [6, 6.07) is 5.54. The van der Waals surface area contributed by atoms with Gasteiger partial charge in [0.1, 0.15) is 6.54 Å². The monoisotopic (exact) mass is 278 g/mol. The molecule has 3 N–H and O–H groups in total. The molecule has 0 heterocycles. The molecule has 0 aliphatic rings. The second-order valence-corrected chi connectivity index (χ2v) is 5.24. The average Bonchev–Trinajstić information content (AvgIpc) is 2.40. The van der Waals surface area contributed by atoms with Gasteiger partial charge in [0.25, 0.3) is 5.91 Å². The first kappa shape index (κ1) is 16.2. The summed E-state index contributed by atoms with van der Waals surface area (Å²) < 4.78 is 0. The first-order valence-electron chi connectivity index (χ1n) is 6.76. The molecular weight excluding hydrogens is 254 g/mol. The van der Waals surface area contributed by atoms with Gasteiger partial charge in [0.2, 0.25) is 0 Å². The van der Waals surface area contributed by atoms with Crippen molar-refractivity contribution < 1.29 is 14.5 Å². The number of imide groups is 1. The molecule has 0 aliphatic carbocycles. The quantitative estimate of drug-likeness (QED) is 0.735. The van der Waals surface area contributed by atoms with E-state index in [0.717, 1.165) is 11.4 Å². The summed E-state index contributed by atoms with van der Waals surface area (Å²) >= 11 is 0. The molecule has 0 saturated heterocycles. The number of benzene rings is 1. The van der Waals surface area contributed by atoms with Crippen molar-refractivity contribution in [3.05, 3.63) is 34.9 Å². The molecule has 1 rings (SSSR count). The van der Waals surface area contributed by atoms with Crippen LogP contribution in [0.4, 0.5) is 4.79 Å². The van der Waals surface area contributed by atoms with Crippen molar-refractivity contribution in [2.45, 2.75) is 33.4 Å². The van der Waals surface area contributed by atoms with Gasteiger partial charge in [-0.05, 0) is 26.3 Å². The Morgan fingerprint density at radius 3 is 2.50 bits per heavy atom. The largest absolute Gasteiger partial charge is 0.341 e. The summed E-state index contributed by atoms with van der Waals surface area (Å²) in [5, 5.41) is 4.68. The van der Waals surface area contributed by atoms with Crippen molar-refractivity contribution in [2.75, 3.05) is 14.1 Å². The number of rotatable bonds is 4. The molecule has 0 radical (unpaired) electrons. The second-order valence-electron chi connectivity index (χ2n) is 5.24. The van der Waals surface area contributed by atoms with Gasteiger partial charge in [0, 0.05) is 12.6 Å².